The van der Waals surface area contributed by atoms with Gasteiger partial charge in [-0.05, 0) is 49.6 Å². The lowest BCUT2D eigenvalue weighted by atomic mass is 9.89. The summed E-state index contributed by atoms with van der Waals surface area (Å²) < 4.78 is 7.50. The van der Waals surface area contributed by atoms with Gasteiger partial charge in [-0.25, -0.2) is 4.98 Å². The lowest BCUT2D eigenvalue weighted by Crippen LogP contribution is -2.39. The van der Waals surface area contributed by atoms with Gasteiger partial charge in [-0.3, -0.25) is 4.57 Å². The minimum absolute atomic E-state index is 0.250. The van der Waals surface area contributed by atoms with Crippen molar-refractivity contribution in [1.29, 1.82) is 0 Å². The monoisotopic (exact) mass is 568 g/mol. The van der Waals surface area contributed by atoms with Crippen LogP contribution in [0.4, 0.5) is 11.9 Å². The zero-order valence-electron chi connectivity index (χ0n) is 23.2. The van der Waals surface area contributed by atoms with Gasteiger partial charge in [0.15, 0.2) is 0 Å². The molecule has 1 aliphatic heterocycles. The number of benzene rings is 3. The maximum atomic E-state index is 6.58. The Morgan fingerprint density at radius 3 is 2.32 bits per heavy atom. The van der Waals surface area contributed by atoms with Crippen LogP contribution in [0.3, 0.4) is 0 Å². The van der Waals surface area contributed by atoms with Gasteiger partial charge in [-0.2, -0.15) is 15.0 Å². The molecule has 10 heteroatoms. The van der Waals surface area contributed by atoms with Crippen molar-refractivity contribution in [2.75, 3.05) is 36.5 Å². The third kappa shape index (κ3) is 5.74. The number of nitrogens with two attached hydrogens (primary N) is 1. The van der Waals surface area contributed by atoms with Gasteiger partial charge < -0.3 is 20.7 Å². The lowest BCUT2D eigenvalue weighted by molar-refractivity contribution is 0.122. The molecule has 0 atom stereocenters. The minimum Gasteiger partial charge on any atom is -0.378 e. The van der Waals surface area contributed by atoms with Gasteiger partial charge in [0.05, 0.1) is 30.8 Å². The number of anilines is 2. The van der Waals surface area contributed by atoms with Crippen LogP contribution in [0.5, 0.6) is 0 Å². The molecule has 9 nitrogen and oxygen atoms in total. The van der Waals surface area contributed by atoms with Gasteiger partial charge in [-0.1, -0.05) is 66.2 Å². The average molecular weight is 569 g/mol. The van der Waals surface area contributed by atoms with E-state index in [9.17, 15) is 0 Å². The highest BCUT2D eigenvalue weighted by molar-refractivity contribution is 6.33. The first kappa shape index (κ1) is 27.1. The fraction of sp³-hybridized carbons (Fsp3) is 0.290. The first-order chi connectivity index (χ1) is 19.9. The maximum Gasteiger partial charge on any atom is 0.242 e. The summed E-state index contributed by atoms with van der Waals surface area (Å²) in [5.74, 6) is 2.24. The van der Waals surface area contributed by atoms with Crippen molar-refractivity contribution in [2.45, 2.75) is 32.4 Å². The van der Waals surface area contributed by atoms with Crippen LogP contribution in [-0.2, 0) is 17.7 Å². The molecule has 5 aromatic rings. The van der Waals surface area contributed by atoms with E-state index in [2.05, 4.69) is 48.3 Å². The molecule has 0 aliphatic carbocycles. The van der Waals surface area contributed by atoms with E-state index in [1.807, 2.05) is 53.1 Å². The summed E-state index contributed by atoms with van der Waals surface area (Å²) in [7, 11) is 0. The molecule has 0 saturated carbocycles. The summed E-state index contributed by atoms with van der Waals surface area (Å²) in [5.41, 5.74) is 10.7. The predicted octanol–water partition coefficient (Wildman–Crippen LogP) is 5.26. The summed E-state index contributed by atoms with van der Waals surface area (Å²) >= 11 is 6.58. The van der Waals surface area contributed by atoms with Crippen LogP contribution < -0.4 is 16.0 Å². The van der Waals surface area contributed by atoms with Crippen LogP contribution in [0.15, 0.2) is 72.8 Å². The Morgan fingerprint density at radius 2 is 1.54 bits per heavy atom. The second-order valence-electron chi connectivity index (χ2n) is 10.7. The van der Waals surface area contributed by atoms with Crippen molar-refractivity contribution in [3.8, 4) is 17.1 Å². The number of nitrogens with zero attached hydrogens (tertiary/aromatic N) is 6. The molecule has 2 aromatic heterocycles. The number of morpholine rings is 1. The van der Waals surface area contributed by atoms with Crippen LogP contribution in [-0.4, -0.2) is 56.3 Å². The van der Waals surface area contributed by atoms with Gasteiger partial charge >= 0.3 is 0 Å². The number of hydrogen-bond donors (Lipinski definition) is 2. The molecule has 3 aromatic carbocycles. The largest absolute Gasteiger partial charge is 0.378 e. The van der Waals surface area contributed by atoms with E-state index in [1.165, 1.54) is 5.56 Å². The molecule has 210 valence electrons. The van der Waals surface area contributed by atoms with E-state index in [4.69, 9.17) is 42.0 Å². The molecule has 1 aliphatic rings. The Hall–Kier alpha value is -4.05. The summed E-state index contributed by atoms with van der Waals surface area (Å²) in [6, 6.07) is 24.2. The van der Waals surface area contributed by atoms with Crippen molar-refractivity contribution < 1.29 is 4.74 Å². The Morgan fingerprint density at radius 1 is 0.854 bits per heavy atom. The highest BCUT2D eigenvalue weighted by Gasteiger charge is 2.25. The number of halogens is 1. The highest BCUT2D eigenvalue weighted by atomic mass is 35.5. The molecule has 0 unspecified atom stereocenters. The second kappa shape index (κ2) is 11.4. The maximum absolute atomic E-state index is 6.58. The number of aromatic nitrogens is 5. The van der Waals surface area contributed by atoms with E-state index >= 15 is 0 Å². The molecule has 41 heavy (non-hydrogen) atoms. The molecule has 1 fully saturated rings. The van der Waals surface area contributed by atoms with Crippen molar-refractivity contribution in [2.24, 2.45) is 5.73 Å². The van der Waals surface area contributed by atoms with Crippen molar-refractivity contribution in [1.82, 2.24) is 24.5 Å². The fourth-order valence-corrected chi connectivity index (χ4v) is 5.53. The smallest absolute Gasteiger partial charge is 0.242 e. The summed E-state index contributed by atoms with van der Waals surface area (Å²) in [6.07, 6.45) is 0.713. The van der Waals surface area contributed by atoms with Gasteiger partial charge in [-0.15, -0.1) is 0 Å². The van der Waals surface area contributed by atoms with Crippen molar-refractivity contribution in [3.63, 3.8) is 0 Å². The van der Waals surface area contributed by atoms with Gasteiger partial charge in [0, 0.05) is 29.2 Å². The van der Waals surface area contributed by atoms with Gasteiger partial charge in [0.2, 0.25) is 17.8 Å². The predicted molar refractivity (Wildman–Crippen MR) is 164 cm³/mol. The SMILES string of the molecule is CC(C)(Cc1ccccc1-c1ccccc1Cl)Nc1nc(N2CCOCC2)nc(-n2c(CN)nc3ccccc32)n1. The van der Waals surface area contributed by atoms with Crippen molar-refractivity contribution >= 4 is 34.5 Å². The minimum atomic E-state index is -0.411. The number of imidazole rings is 1. The molecule has 0 amide bonds. The lowest BCUT2D eigenvalue weighted by Gasteiger charge is -2.30. The quantitative estimate of drug-likeness (QED) is 0.261. The van der Waals surface area contributed by atoms with Gasteiger partial charge in [0.1, 0.15) is 5.82 Å². The number of para-hydroxylation sites is 2. The first-order valence-corrected chi connectivity index (χ1v) is 14.2. The summed E-state index contributed by atoms with van der Waals surface area (Å²) in [6.45, 7) is 7.18. The standard InChI is InChI=1S/C31H33ClN8O/c1-31(2,19-21-9-3-4-10-22(21)23-11-5-6-12-24(23)32)38-28-35-29(39-15-17-41-18-16-39)37-30(36-28)40-26-14-8-7-13-25(26)34-27(40)20-33/h3-14H,15-20,33H2,1-2H3,(H,35,36,37,38). The fourth-order valence-electron chi connectivity index (χ4n) is 5.29. The van der Waals surface area contributed by atoms with Crippen molar-refractivity contribution in [3.05, 3.63) is 89.2 Å². The van der Waals surface area contributed by atoms with Crippen LogP contribution >= 0.6 is 11.6 Å². The summed E-state index contributed by atoms with van der Waals surface area (Å²) in [4.78, 5) is 21.5. The molecular formula is C31H33ClN8O. The number of hydrogen-bond acceptors (Lipinski definition) is 8. The zero-order chi connectivity index (χ0) is 28.4. The number of rotatable bonds is 8. The Kier molecular flexibility index (Phi) is 7.57. The number of ether oxygens (including phenoxy) is 1. The molecule has 6 rings (SSSR count). The third-order valence-corrected chi connectivity index (χ3v) is 7.51. The highest BCUT2D eigenvalue weighted by Crippen LogP contribution is 2.33. The van der Waals surface area contributed by atoms with Crippen LogP contribution in [0.2, 0.25) is 5.02 Å². The van der Waals surface area contributed by atoms with Crippen LogP contribution in [0.25, 0.3) is 28.1 Å². The first-order valence-electron chi connectivity index (χ1n) is 13.8. The topological polar surface area (TPSA) is 107 Å². The third-order valence-electron chi connectivity index (χ3n) is 7.18. The Labute approximate surface area is 244 Å². The molecule has 0 radical (unpaired) electrons. The van der Waals surface area contributed by atoms with E-state index in [1.54, 1.807) is 0 Å². The molecule has 1 saturated heterocycles. The number of nitrogens with one attached hydrogen (secondary N) is 1. The van der Waals surface area contributed by atoms with E-state index in [0.717, 1.165) is 27.2 Å². The van der Waals surface area contributed by atoms with Gasteiger partial charge in [0.25, 0.3) is 0 Å². The summed E-state index contributed by atoms with van der Waals surface area (Å²) in [5, 5.41) is 4.34. The molecule has 0 spiro atoms. The second-order valence-corrected chi connectivity index (χ2v) is 11.1. The molecule has 0 bridgehead atoms. The van der Waals surface area contributed by atoms with Crippen LogP contribution in [0.1, 0.15) is 25.2 Å². The van der Waals surface area contributed by atoms with E-state index in [-0.39, 0.29) is 6.54 Å². The number of fused-ring (bicyclic) bond motifs is 1. The van der Waals surface area contributed by atoms with E-state index in [0.29, 0.717) is 56.4 Å². The Balaban J connectivity index is 1.39. The van der Waals surface area contributed by atoms with Crippen LogP contribution in [0, 0.1) is 0 Å². The Bertz CT molecular complexity index is 1680. The molecule has 3 N–H and O–H groups in total. The zero-order valence-corrected chi connectivity index (χ0v) is 24.0. The molecular weight excluding hydrogens is 536 g/mol. The molecule has 3 heterocycles. The average Bonchev–Trinajstić information content (AvgIpc) is 3.36. The van der Waals surface area contributed by atoms with E-state index < -0.39 is 5.54 Å². The normalized spacial score (nSPS) is 14.0.